The van der Waals surface area contributed by atoms with Crippen LogP contribution in [0.2, 0.25) is 0 Å². The van der Waals surface area contributed by atoms with Gasteiger partial charge in [-0.3, -0.25) is 4.79 Å². The fourth-order valence-corrected chi connectivity index (χ4v) is 5.12. The molecule has 2 saturated heterocycles. The standard InChI is InChI=1S/C30H34F3N3O5/c1-29(2,3)41-28(38)36-13-10-21(18-36)34-27(37)26-17-19-16-24(8-9-25(19)40-26)39-23-11-14-35(15-12-23)22-6-4-20(5-7-22)30(31,32)33/h4-9,16-17,21,23H,10-15,18H2,1-3H3,(H,34,37)/t21-/m1/s1. The molecule has 41 heavy (non-hydrogen) atoms. The number of carbonyl (C=O) groups excluding carboxylic acids is 2. The molecule has 1 aromatic heterocycles. The summed E-state index contributed by atoms with van der Waals surface area (Å²) in [4.78, 5) is 28.8. The molecule has 2 amide bonds. The van der Waals surface area contributed by atoms with Crippen molar-refractivity contribution in [3.8, 4) is 5.75 Å². The lowest BCUT2D eigenvalue weighted by Crippen LogP contribution is -2.40. The van der Waals surface area contributed by atoms with Crippen molar-refractivity contribution < 1.29 is 36.7 Å². The van der Waals surface area contributed by atoms with Crippen molar-refractivity contribution in [1.82, 2.24) is 10.2 Å². The number of fused-ring (bicyclic) bond motifs is 1. The number of nitrogens with one attached hydrogen (secondary N) is 1. The van der Waals surface area contributed by atoms with Gasteiger partial charge in [-0.15, -0.1) is 0 Å². The number of hydrogen-bond acceptors (Lipinski definition) is 6. The monoisotopic (exact) mass is 573 g/mol. The maximum atomic E-state index is 12.9. The SMILES string of the molecule is CC(C)(C)OC(=O)N1CC[C@@H](NC(=O)c2cc3cc(OC4CCN(c5ccc(C(F)(F)F)cc5)CC4)ccc3o2)C1. The van der Waals surface area contributed by atoms with Crippen LogP contribution < -0.4 is 15.0 Å². The molecule has 3 aromatic rings. The molecule has 8 nitrogen and oxygen atoms in total. The second-order valence-corrected chi connectivity index (χ2v) is 11.5. The van der Waals surface area contributed by atoms with E-state index < -0.39 is 23.4 Å². The average Bonchev–Trinajstić information content (AvgIpc) is 3.55. The predicted octanol–water partition coefficient (Wildman–Crippen LogP) is 6.24. The maximum absolute atomic E-state index is 12.9. The van der Waals surface area contributed by atoms with Gasteiger partial charge in [0.05, 0.1) is 5.56 Å². The number of likely N-dealkylation sites (tertiary alicyclic amines) is 1. The van der Waals surface area contributed by atoms with Crippen LogP contribution in [-0.4, -0.2) is 60.8 Å². The Balaban J connectivity index is 1.13. The van der Waals surface area contributed by atoms with Crippen molar-refractivity contribution in [1.29, 1.82) is 0 Å². The van der Waals surface area contributed by atoms with Gasteiger partial charge < -0.3 is 29.0 Å². The van der Waals surface area contributed by atoms with E-state index in [1.807, 2.05) is 26.8 Å². The summed E-state index contributed by atoms with van der Waals surface area (Å²) in [6.45, 7) is 7.65. The fourth-order valence-electron chi connectivity index (χ4n) is 5.12. The van der Waals surface area contributed by atoms with Crippen molar-refractivity contribution in [2.45, 2.75) is 64.0 Å². The lowest BCUT2D eigenvalue weighted by Gasteiger charge is -2.33. The fraction of sp³-hybridized carbons (Fsp3) is 0.467. The van der Waals surface area contributed by atoms with E-state index in [1.165, 1.54) is 12.1 Å². The van der Waals surface area contributed by atoms with Crippen LogP contribution in [0.5, 0.6) is 5.75 Å². The Kier molecular flexibility index (Phi) is 7.80. The second-order valence-electron chi connectivity index (χ2n) is 11.5. The van der Waals surface area contributed by atoms with Crippen molar-refractivity contribution in [3.05, 3.63) is 59.9 Å². The number of rotatable bonds is 5. The number of hydrogen-bond donors (Lipinski definition) is 1. The molecule has 11 heteroatoms. The Morgan fingerprint density at radius 2 is 1.66 bits per heavy atom. The van der Waals surface area contributed by atoms with Crippen LogP contribution in [0.1, 0.15) is 56.2 Å². The zero-order valence-corrected chi connectivity index (χ0v) is 23.3. The van der Waals surface area contributed by atoms with E-state index in [-0.39, 0.29) is 23.8 Å². The molecule has 3 heterocycles. The number of piperidine rings is 1. The normalized spacial score (nSPS) is 18.5. The summed E-state index contributed by atoms with van der Waals surface area (Å²) in [5.74, 6) is 0.482. The third kappa shape index (κ3) is 7.07. The molecule has 1 N–H and O–H groups in total. The number of halogens is 3. The number of alkyl halides is 3. The first kappa shape index (κ1) is 28.6. The number of benzene rings is 2. The van der Waals surface area contributed by atoms with Gasteiger partial charge in [0.2, 0.25) is 0 Å². The van der Waals surface area contributed by atoms with E-state index in [0.717, 1.165) is 36.0 Å². The predicted molar refractivity (Wildman–Crippen MR) is 147 cm³/mol. The van der Waals surface area contributed by atoms with Gasteiger partial charge in [-0.05, 0) is 75.7 Å². The third-order valence-electron chi connectivity index (χ3n) is 7.19. The molecule has 0 aliphatic carbocycles. The highest BCUT2D eigenvalue weighted by atomic mass is 19.4. The van der Waals surface area contributed by atoms with Crippen LogP contribution in [-0.2, 0) is 10.9 Å². The van der Waals surface area contributed by atoms with E-state index in [4.69, 9.17) is 13.9 Å². The van der Waals surface area contributed by atoms with Gasteiger partial charge in [0.15, 0.2) is 5.76 Å². The number of carbonyl (C=O) groups is 2. The van der Waals surface area contributed by atoms with E-state index >= 15 is 0 Å². The van der Waals surface area contributed by atoms with Crippen LogP contribution in [0.15, 0.2) is 52.9 Å². The van der Waals surface area contributed by atoms with Crippen LogP contribution in [0.25, 0.3) is 11.0 Å². The number of ether oxygens (including phenoxy) is 2. The molecule has 0 unspecified atom stereocenters. The van der Waals surface area contributed by atoms with Crippen molar-refractivity contribution in [2.24, 2.45) is 0 Å². The van der Waals surface area contributed by atoms with Gasteiger partial charge in [-0.25, -0.2) is 4.79 Å². The first-order valence-electron chi connectivity index (χ1n) is 13.8. The van der Waals surface area contributed by atoms with Gasteiger partial charge >= 0.3 is 12.3 Å². The van der Waals surface area contributed by atoms with Crippen LogP contribution in [0.3, 0.4) is 0 Å². The zero-order chi connectivity index (χ0) is 29.4. The van der Waals surface area contributed by atoms with Crippen LogP contribution >= 0.6 is 0 Å². The lowest BCUT2D eigenvalue weighted by atomic mass is 10.1. The Morgan fingerprint density at radius 1 is 0.951 bits per heavy atom. The Hall–Kier alpha value is -3.89. The summed E-state index contributed by atoms with van der Waals surface area (Å²) in [7, 11) is 0. The third-order valence-corrected chi connectivity index (χ3v) is 7.19. The van der Waals surface area contributed by atoms with Gasteiger partial charge in [0, 0.05) is 56.1 Å². The van der Waals surface area contributed by atoms with E-state index in [9.17, 15) is 22.8 Å². The molecular formula is C30H34F3N3O5. The van der Waals surface area contributed by atoms with Crippen LogP contribution in [0, 0.1) is 0 Å². The smallest absolute Gasteiger partial charge is 0.416 e. The number of nitrogens with zero attached hydrogens (tertiary/aromatic N) is 2. The maximum Gasteiger partial charge on any atom is 0.416 e. The van der Waals surface area contributed by atoms with Crippen molar-refractivity contribution >= 4 is 28.7 Å². The van der Waals surface area contributed by atoms with Crippen LogP contribution in [0.4, 0.5) is 23.7 Å². The lowest BCUT2D eigenvalue weighted by molar-refractivity contribution is -0.137. The first-order chi connectivity index (χ1) is 19.3. The number of amides is 2. The number of furan rings is 1. The average molecular weight is 574 g/mol. The molecule has 2 aromatic carbocycles. The summed E-state index contributed by atoms with van der Waals surface area (Å²) < 4.78 is 55.9. The van der Waals surface area contributed by atoms with E-state index in [2.05, 4.69) is 10.2 Å². The van der Waals surface area contributed by atoms with Crippen molar-refractivity contribution in [3.63, 3.8) is 0 Å². The quantitative estimate of drug-likeness (QED) is 0.389. The first-order valence-corrected chi connectivity index (χ1v) is 13.8. The molecule has 1 atom stereocenters. The Bertz CT molecular complexity index is 1390. The molecule has 0 spiro atoms. The molecule has 220 valence electrons. The molecule has 2 fully saturated rings. The largest absolute Gasteiger partial charge is 0.490 e. The van der Waals surface area contributed by atoms with E-state index in [0.29, 0.717) is 43.9 Å². The summed E-state index contributed by atoms with van der Waals surface area (Å²) in [6, 6.07) is 12.1. The Labute approximate surface area is 236 Å². The van der Waals surface area contributed by atoms with Gasteiger partial charge in [0.25, 0.3) is 5.91 Å². The summed E-state index contributed by atoms with van der Waals surface area (Å²) >= 11 is 0. The molecule has 0 bridgehead atoms. The summed E-state index contributed by atoms with van der Waals surface area (Å²) in [6.07, 6.45) is -2.71. The topological polar surface area (TPSA) is 84.2 Å². The Morgan fingerprint density at radius 3 is 2.32 bits per heavy atom. The minimum absolute atomic E-state index is 0.0388. The molecule has 0 saturated carbocycles. The molecule has 2 aliphatic heterocycles. The van der Waals surface area contributed by atoms with Gasteiger partial charge in [0.1, 0.15) is 23.0 Å². The van der Waals surface area contributed by atoms with Gasteiger partial charge in [-0.1, -0.05) is 0 Å². The minimum atomic E-state index is -4.35. The minimum Gasteiger partial charge on any atom is -0.490 e. The highest BCUT2D eigenvalue weighted by Crippen LogP contribution is 2.32. The second kappa shape index (κ2) is 11.2. The zero-order valence-electron chi connectivity index (χ0n) is 23.3. The van der Waals surface area contributed by atoms with E-state index in [1.54, 1.807) is 23.1 Å². The number of anilines is 1. The highest BCUT2D eigenvalue weighted by molar-refractivity contribution is 5.96. The molecule has 0 radical (unpaired) electrons. The van der Waals surface area contributed by atoms with Gasteiger partial charge in [-0.2, -0.15) is 13.2 Å². The summed E-state index contributed by atoms with van der Waals surface area (Å²) in [5.41, 5.74) is 0.0823. The highest BCUT2D eigenvalue weighted by Gasteiger charge is 2.32. The molecular weight excluding hydrogens is 539 g/mol. The molecule has 5 rings (SSSR count). The van der Waals surface area contributed by atoms with Crippen molar-refractivity contribution in [2.75, 3.05) is 31.1 Å². The summed E-state index contributed by atoms with van der Waals surface area (Å²) in [5, 5.41) is 3.67. The molecule has 2 aliphatic rings.